The van der Waals surface area contributed by atoms with Gasteiger partial charge in [-0.05, 0) is 25.5 Å². The van der Waals surface area contributed by atoms with Crippen LogP contribution in [0.5, 0.6) is 5.75 Å². The Morgan fingerprint density at radius 2 is 2.14 bits per heavy atom. The largest absolute Gasteiger partial charge is 0.518 e. The van der Waals surface area contributed by atoms with Crippen molar-refractivity contribution in [2.75, 3.05) is 0 Å². The fourth-order valence-electron chi connectivity index (χ4n) is 2.04. The second-order valence-electron chi connectivity index (χ2n) is 4.26. The van der Waals surface area contributed by atoms with E-state index in [1.54, 1.807) is 6.92 Å². The van der Waals surface area contributed by atoms with Gasteiger partial charge in [-0.1, -0.05) is 13.5 Å². The maximum Gasteiger partial charge on any atom is 0.518 e. The molecule has 0 amide bonds. The number of nitrogens with zero attached hydrogens (tertiary/aromatic N) is 1. The maximum absolute atomic E-state index is 14.0. The van der Waals surface area contributed by atoms with Gasteiger partial charge in [-0.15, -0.1) is 0 Å². The van der Waals surface area contributed by atoms with Crippen LogP contribution in [0.25, 0.3) is 10.9 Å². The van der Waals surface area contributed by atoms with E-state index in [0.717, 1.165) is 12.3 Å². The Balaban J connectivity index is 2.74. The summed E-state index contributed by atoms with van der Waals surface area (Å²) in [6, 6.07) is 2.31. The third kappa shape index (κ3) is 2.69. The number of carbonyl (C=O) groups is 1. The normalized spacial score (nSPS) is 10.5. The molecule has 0 aliphatic heterocycles. The Morgan fingerprint density at radius 1 is 1.43 bits per heavy atom. The molecule has 0 unspecified atom stereocenters. The summed E-state index contributed by atoms with van der Waals surface area (Å²) >= 11 is 0. The lowest BCUT2D eigenvalue weighted by Crippen LogP contribution is -2.10. The van der Waals surface area contributed by atoms with Crippen molar-refractivity contribution in [3.05, 3.63) is 47.9 Å². The minimum absolute atomic E-state index is 0.0966. The zero-order chi connectivity index (χ0) is 15.6. The van der Waals surface area contributed by atoms with E-state index in [0.29, 0.717) is 17.7 Å². The molecule has 110 valence electrons. The van der Waals surface area contributed by atoms with Gasteiger partial charge in [0.2, 0.25) is 0 Å². The summed E-state index contributed by atoms with van der Waals surface area (Å²) in [5, 5.41) is -0.189. The van der Waals surface area contributed by atoms with E-state index in [4.69, 9.17) is 4.74 Å². The molecule has 4 nitrogen and oxygen atoms in total. The van der Waals surface area contributed by atoms with Crippen molar-refractivity contribution >= 4 is 17.1 Å². The van der Waals surface area contributed by atoms with Crippen LogP contribution in [0.1, 0.15) is 18.2 Å². The number of carbonyl (C=O) groups excluding carboxylic acids is 1. The van der Waals surface area contributed by atoms with Crippen LogP contribution in [-0.2, 0) is 11.2 Å². The number of aryl methyl sites for hydroxylation is 1. The quantitative estimate of drug-likeness (QED) is 0.633. The molecule has 1 heterocycles. The van der Waals surface area contributed by atoms with E-state index in [9.17, 15) is 13.6 Å². The number of benzene rings is 1. The molecule has 0 bridgehead atoms. The Hall–Kier alpha value is -2.50. The van der Waals surface area contributed by atoms with Gasteiger partial charge in [0.15, 0.2) is 17.4 Å². The summed E-state index contributed by atoms with van der Waals surface area (Å²) in [5.74, 6) is -2.26. The van der Waals surface area contributed by atoms with Crippen LogP contribution < -0.4 is 4.74 Å². The molecule has 0 N–H and O–H groups in total. The van der Waals surface area contributed by atoms with Crippen molar-refractivity contribution in [3.8, 4) is 5.75 Å². The fourth-order valence-corrected chi connectivity index (χ4v) is 2.04. The topological polar surface area (TPSA) is 48.4 Å². The summed E-state index contributed by atoms with van der Waals surface area (Å²) in [6.07, 6.45) is 0.359. The summed E-state index contributed by atoms with van der Waals surface area (Å²) in [6.45, 7) is 6.69. The molecule has 0 saturated heterocycles. The van der Waals surface area contributed by atoms with E-state index in [-0.39, 0.29) is 16.7 Å². The third-order valence-corrected chi connectivity index (χ3v) is 3.03. The number of ether oxygens (including phenoxy) is 2. The lowest BCUT2D eigenvalue weighted by Gasteiger charge is -2.13. The average Bonchev–Trinajstić information content (AvgIpc) is 2.45. The van der Waals surface area contributed by atoms with Crippen LogP contribution in [0.4, 0.5) is 13.6 Å². The zero-order valence-corrected chi connectivity index (χ0v) is 11.6. The molecular formula is C15H13F2NO3. The number of rotatable bonds is 3. The molecule has 0 fully saturated rings. The highest BCUT2D eigenvalue weighted by atomic mass is 19.2. The lowest BCUT2D eigenvalue weighted by atomic mass is 10.1. The number of hydrogen-bond acceptors (Lipinski definition) is 4. The molecule has 0 spiro atoms. The van der Waals surface area contributed by atoms with E-state index in [2.05, 4.69) is 16.3 Å². The molecule has 0 saturated carbocycles. The molecule has 0 radical (unpaired) electrons. The van der Waals surface area contributed by atoms with E-state index >= 15 is 0 Å². The minimum Gasteiger partial charge on any atom is -0.403 e. The second kappa shape index (κ2) is 5.87. The van der Waals surface area contributed by atoms with Crippen molar-refractivity contribution in [3.63, 3.8) is 0 Å². The third-order valence-electron chi connectivity index (χ3n) is 3.03. The van der Waals surface area contributed by atoms with Crippen LogP contribution in [0.2, 0.25) is 0 Å². The summed E-state index contributed by atoms with van der Waals surface area (Å²) < 4.78 is 36.9. The van der Waals surface area contributed by atoms with E-state index in [1.807, 2.05) is 6.92 Å². The number of hydrogen-bond donors (Lipinski definition) is 0. The van der Waals surface area contributed by atoms with Crippen molar-refractivity contribution in [1.82, 2.24) is 4.98 Å². The van der Waals surface area contributed by atoms with E-state index in [1.165, 1.54) is 6.07 Å². The molecule has 1 aromatic carbocycles. The summed E-state index contributed by atoms with van der Waals surface area (Å²) in [7, 11) is 0. The molecule has 0 aliphatic carbocycles. The fraction of sp³-hybridized carbons (Fsp3) is 0.200. The first-order chi connectivity index (χ1) is 9.99. The average molecular weight is 293 g/mol. The summed E-state index contributed by atoms with van der Waals surface area (Å²) in [5.41, 5.74) is 1.28. The zero-order valence-electron chi connectivity index (χ0n) is 11.6. The van der Waals surface area contributed by atoms with Gasteiger partial charge >= 0.3 is 6.16 Å². The highest BCUT2D eigenvalue weighted by Gasteiger charge is 2.20. The first-order valence-corrected chi connectivity index (χ1v) is 6.26. The minimum atomic E-state index is -1.12. The Kier molecular flexibility index (Phi) is 4.16. The van der Waals surface area contributed by atoms with Gasteiger partial charge in [-0.25, -0.2) is 13.6 Å². The first kappa shape index (κ1) is 14.9. The van der Waals surface area contributed by atoms with Gasteiger partial charge in [-0.3, -0.25) is 4.98 Å². The molecular weight excluding hydrogens is 280 g/mol. The monoisotopic (exact) mass is 293 g/mol. The van der Waals surface area contributed by atoms with Crippen molar-refractivity contribution < 1.29 is 23.0 Å². The SMILES string of the molecule is C=COC(=O)Oc1c(C)c(CC)nc2ccc(F)c(F)c12. The van der Waals surface area contributed by atoms with Gasteiger partial charge in [0, 0.05) is 11.3 Å². The van der Waals surface area contributed by atoms with Crippen molar-refractivity contribution in [2.24, 2.45) is 0 Å². The number of halogens is 2. The van der Waals surface area contributed by atoms with Gasteiger partial charge in [0.25, 0.3) is 0 Å². The van der Waals surface area contributed by atoms with Gasteiger partial charge in [-0.2, -0.15) is 0 Å². The predicted molar refractivity (Wildman–Crippen MR) is 73.1 cm³/mol. The molecule has 21 heavy (non-hydrogen) atoms. The Bertz CT molecular complexity index is 729. The number of aromatic nitrogens is 1. The molecule has 1 aromatic heterocycles. The molecule has 2 aromatic rings. The molecule has 6 heteroatoms. The van der Waals surface area contributed by atoms with Crippen LogP contribution in [0.3, 0.4) is 0 Å². The van der Waals surface area contributed by atoms with Crippen LogP contribution in [-0.4, -0.2) is 11.1 Å². The first-order valence-electron chi connectivity index (χ1n) is 6.26. The highest BCUT2D eigenvalue weighted by Crippen LogP contribution is 2.33. The van der Waals surface area contributed by atoms with Gasteiger partial charge < -0.3 is 9.47 Å². The van der Waals surface area contributed by atoms with Crippen LogP contribution >= 0.6 is 0 Å². The highest BCUT2D eigenvalue weighted by molar-refractivity contribution is 5.89. The van der Waals surface area contributed by atoms with Crippen LogP contribution in [0, 0.1) is 18.6 Å². The second-order valence-corrected chi connectivity index (χ2v) is 4.26. The smallest absolute Gasteiger partial charge is 0.403 e. The standard InChI is InChI=1S/C15H13F2NO3/c1-4-10-8(3)14(21-15(19)20-5-2)12-11(18-10)7-6-9(16)13(12)17/h5-7H,2,4H2,1,3H3. The number of pyridine rings is 1. The van der Waals surface area contributed by atoms with E-state index < -0.39 is 17.8 Å². The lowest BCUT2D eigenvalue weighted by molar-refractivity contribution is 0.136. The van der Waals surface area contributed by atoms with Crippen molar-refractivity contribution in [1.29, 1.82) is 0 Å². The molecule has 2 rings (SSSR count). The van der Waals surface area contributed by atoms with Gasteiger partial charge in [0.05, 0.1) is 17.2 Å². The molecule has 0 atom stereocenters. The van der Waals surface area contributed by atoms with Crippen LogP contribution in [0.15, 0.2) is 25.0 Å². The summed E-state index contributed by atoms with van der Waals surface area (Å²) in [4.78, 5) is 15.7. The van der Waals surface area contributed by atoms with Gasteiger partial charge in [0.1, 0.15) is 0 Å². The Labute approximate surface area is 120 Å². The predicted octanol–water partition coefficient (Wildman–Crippen LogP) is 4.04. The Morgan fingerprint density at radius 3 is 2.76 bits per heavy atom. The molecule has 0 aliphatic rings. The maximum atomic E-state index is 14.0. The van der Waals surface area contributed by atoms with Crippen molar-refractivity contribution in [2.45, 2.75) is 20.3 Å². The number of fused-ring (bicyclic) bond motifs is 1.